The fraction of sp³-hybridized carbons (Fsp3) is 0.105. The summed E-state index contributed by atoms with van der Waals surface area (Å²) >= 11 is 20.2. The molecule has 25 heavy (non-hydrogen) atoms. The number of aromatic nitrogens is 2. The Balaban J connectivity index is 1.83. The average Bonchev–Trinajstić information content (AvgIpc) is 3.10. The summed E-state index contributed by atoms with van der Waals surface area (Å²) in [5.41, 5.74) is 1.09. The van der Waals surface area contributed by atoms with Crippen LogP contribution in [-0.2, 0) is 6.54 Å². The van der Waals surface area contributed by atoms with Gasteiger partial charge in [-0.1, -0.05) is 65.2 Å². The molecule has 2 aromatic carbocycles. The van der Waals surface area contributed by atoms with Gasteiger partial charge in [-0.15, -0.1) is 11.8 Å². The minimum atomic E-state index is 0.141. The van der Waals surface area contributed by atoms with E-state index in [1.54, 1.807) is 24.3 Å². The average molecular weight is 410 g/mol. The molecule has 0 aliphatic heterocycles. The van der Waals surface area contributed by atoms with E-state index < -0.39 is 0 Å². The molecule has 0 radical (unpaired) electrons. The molecule has 0 saturated heterocycles. The topological polar surface area (TPSA) is 17.8 Å². The highest BCUT2D eigenvalue weighted by Gasteiger charge is 2.13. The number of rotatable bonds is 6. The van der Waals surface area contributed by atoms with Crippen molar-refractivity contribution in [3.63, 3.8) is 0 Å². The van der Waals surface area contributed by atoms with E-state index in [0.717, 1.165) is 22.0 Å². The van der Waals surface area contributed by atoms with Gasteiger partial charge in [-0.25, -0.2) is 4.98 Å². The maximum Gasteiger partial charge on any atom is 0.0946 e. The Hall–Kier alpha value is -1.39. The summed E-state index contributed by atoms with van der Waals surface area (Å²) in [5, 5.41) is 2.19. The minimum Gasteiger partial charge on any atom is -0.336 e. The molecule has 3 rings (SSSR count). The second-order valence-electron chi connectivity index (χ2n) is 5.38. The van der Waals surface area contributed by atoms with E-state index >= 15 is 0 Å². The van der Waals surface area contributed by atoms with Gasteiger partial charge in [-0.05, 0) is 29.8 Å². The van der Waals surface area contributed by atoms with Gasteiger partial charge in [0.2, 0.25) is 0 Å². The van der Waals surface area contributed by atoms with E-state index in [0.29, 0.717) is 10.0 Å². The molecule has 0 aliphatic rings. The molecular formula is C19H15Cl3N2S. The third kappa shape index (κ3) is 5.29. The summed E-state index contributed by atoms with van der Waals surface area (Å²) < 4.78 is 2.04. The van der Waals surface area contributed by atoms with Gasteiger partial charge in [0.05, 0.1) is 16.4 Å². The molecule has 3 aromatic rings. The van der Waals surface area contributed by atoms with Crippen LogP contribution in [0.25, 0.3) is 6.08 Å². The first kappa shape index (κ1) is 18.4. The predicted octanol–water partition coefficient (Wildman–Crippen LogP) is 6.72. The standard InChI is InChI=1S/C19H15Cl3N2S/c20-15-7-4-14(5-8-15)6-9-16(12-24-11-10-23-13-24)25-19-17(21)2-1-3-18(19)22/h1-11,13,16H,12H2. The molecule has 0 bridgehead atoms. The van der Waals surface area contributed by atoms with E-state index in [9.17, 15) is 0 Å². The van der Waals surface area contributed by atoms with Crippen molar-refractivity contribution in [3.8, 4) is 0 Å². The van der Waals surface area contributed by atoms with Crippen LogP contribution in [0.3, 0.4) is 0 Å². The fourth-order valence-corrected chi connectivity index (χ4v) is 4.14. The lowest BCUT2D eigenvalue weighted by molar-refractivity contribution is 0.720. The highest BCUT2D eigenvalue weighted by molar-refractivity contribution is 8.00. The minimum absolute atomic E-state index is 0.141. The van der Waals surface area contributed by atoms with E-state index in [4.69, 9.17) is 34.8 Å². The lowest BCUT2D eigenvalue weighted by Crippen LogP contribution is -2.09. The molecular weight excluding hydrogens is 395 g/mol. The normalized spacial score (nSPS) is 12.6. The maximum atomic E-state index is 6.33. The molecule has 0 amide bonds. The number of thioether (sulfide) groups is 1. The first-order valence-corrected chi connectivity index (χ1v) is 9.63. The quantitative estimate of drug-likeness (QED) is 0.421. The number of hydrogen-bond acceptors (Lipinski definition) is 2. The van der Waals surface area contributed by atoms with Gasteiger partial charge in [-0.3, -0.25) is 0 Å². The zero-order valence-electron chi connectivity index (χ0n) is 13.1. The van der Waals surface area contributed by atoms with Crippen LogP contribution in [0.15, 0.2) is 72.2 Å². The van der Waals surface area contributed by atoms with Crippen molar-refractivity contribution in [1.82, 2.24) is 9.55 Å². The summed E-state index contributed by atoms with van der Waals surface area (Å²) in [6.07, 6.45) is 9.74. The zero-order chi connectivity index (χ0) is 17.6. The largest absolute Gasteiger partial charge is 0.336 e. The third-order valence-electron chi connectivity index (χ3n) is 3.51. The van der Waals surface area contributed by atoms with Crippen LogP contribution in [0.5, 0.6) is 0 Å². The smallest absolute Gasteiger partial charge is 0.0946 e. The van der Waals surface area contributed by atoms with Gasteiger partial charge >= 0.3 is 0 Å². The van der Waals surface area contributed by atoms with Gasteiger partial charge in [-0.2, -0.15) is 0 Å². The van der Waals surface area contributed by atoms with Crippen LogP contribution in [0, 0.1) is 0 Å². The lowest BCUT2D eigenvalue weighted by atomic mass is 10.2. The Kier molecular flexibility index (Phi) is 6.49. The van der Waals surface area contributed by atoms with E-state index in [2.05, 4.69) is 17.1 Å². The Morgan fingerprint density at radius 1 is 1.04 bits per heavy atom. The van der Waals surface area contributed by atoms with E-state index in [1.807, 2.05) is 53.2 Å². The van der Waals surface area contributed by atoms with Crippen LogP contribution in [-0.4, -0.2) is 14.8 Å². The van der Waals surface area contributed by atoms with Crippen molar-refractivity contribution in [3.05, 3.63) is 87.9 Å². The van der Waals surface area contributed by atoms with Crippen LogP contribution < -0.4 is 0 Å². The second kappa shape index (κ2) is 8.81. The fourth-order valence-electron chi connectivity index (χ4n) is 2.28. The molecule has 0 N–H and O–H groups in total. The molecule has 0 fully saturated rings. The van der Waals surface area contributed by atoms with Crippen molar-refractivity contribution in [2.75, 3.05) is 0 Å². The first-order valence-electron chi connectivity index (χ1n) is 7.62. The van der Waals surface area contributed by atoms with Crippen LogP contribution in [0.1, 0.15) is 5.56 Å². The molecule has 1 unspecified atom stereocenters. The first-order chi connectivity index (χ1) is 12.1. The highest BCUT2D eigenvalue weighted by atomic mass is 35.5. The second-order valence-corrected chi connectivity index (χ2v) is 7.88. The van der Waals surface area contributed by atoms with E-state index in [1.165, 1.54) is 0 Å². The number of imidazole rings is 1. The van der Waals surface area contributed by atoms with Crippen molar-refractivity contribution in [2.45, 2.75) is 16.7 Å². The highest BCUT2D eigenvalue weighted by Crippen LogP contribution is 2.37. The Bertz CT molecular complexity index is 825. The molecule has 1 heterocycles. The monoisotopic (exact) mass is 408 g/mol. The molecule has 2 nitrogen and oxygen atoms in total. The van der Waals surface area contributed by atoms with Crippen LogP contribution in [0.2, 0.25) is 15.1 Å². The maximum absolute atomic E-state index is 6.33. The SMILES string of the molecule is Clc1ccc(C=CC(Cn2ccnc2)Sc2c(Cl)cccc2Cl)cc1. The van der Waals surface area contributed by atoms with E-state index in [-0.39, 0.29) is 5.25 Å². The number of nitrogens with zero attached hydrogens (tertiary/aromatic N) is 2. The summed E-state index contributed by atoms with van der Waals surface area (Å²) in [7, 11) is 0. The molecule has 0 saturated carbocycles. The molecule has 128 valence electrons. The van der Waals surface area contributed by atoms with Gasteiger partial charge in [0.25, 0.3) is 0 Å². The number of hydrogen-bond donors (Lipinski definition) is 0. The predicted molar refractivity (Wildman–Crippen MR) is 109 cm³/mol. The zero-order valence-corrected chi connectivity index (χ0v) is 16.2. The van der Waals surface area contributed by atoms with Crippen LogP contribution >= 0.6 is 46.6 Å². The van der Waals surface area contributed by atoms with Gasteiger partial charge in [0.1, 0.15) is 0 Å². The van der Waals surface area contributed by atoms with Gasteiger partial charge < -0.3 is 4.57 Å². The number of benzene rings is 2. The van der Waals surface area contributed by atoms with Crippen molar-refractivity contribution < 1.29 is 0 Å². The van der Waals surface area contributed by atoms with Crippen LogP contribution in [0.4, 0.5) is 0 Å². The Labute approximate surface area is 166 Å². The number of halogens is 3. The molecule has 0 spiro atoms. The summed E-state index contributed by atoms with van der Waals surface area (Å²) in [6, 6.07) is 13.3. The third-order valence-corrected chi connectivity index (χ3v) is 5.90. The summed E-state index contributed by atoms with van der Waals surface area (Å²) in [4.78, 5) is 4.99. The van der Waals surface area contributed by atoms with Gasteiger partial charge in [0.15, 0.2) is 0 Å². The summed E-state index contributed by atoms with van der Waals surface area (Å²) in [5.74, 6) is 0. The van der Waals surface area contributed by atoms with Crippen molar-refractivity contribution >= 4 is 52.6 Å². The lowest BCUT2D eigenvalue weighted by Gasteiger charge is -2.15. The Morgan fingerprint density at radius 3 is 2.40 bits per heavy atom. The van der Waals surface area contributed by atoms with Gasteiger partial charge in [0, 0.05) is 34.1 Å². The molecule has 1 atom stereocenters. The molecule has 0 aliphatic carbocycles. The summed E-state index contributed by atoms with van der Waals surface area (Å²) in [6.45, 7) is 0.760. The van der Waals surface area contributed by atoms with Crippen molar-refractivity contribution in [2.24, 2.45) is 0 Å². The van der Waals surface area contributed by atoms with Crippen molar-refractivity contribution in [1.29, 1.82) is 0 Å². The Morgan fingerprint density at radius 2 is 1.76 bits per heavy atom. The molecule has 6 heteroatoms. The molecule has 1 aromatic heterocycles.